The van der Waals surface area contributed by atoms with Crippen molar-refractivity contribution in [3.8, 4) is 22.1 Å². The highest BCUT2D eigenvalue weighted by Gasteiger charge is 2.09. The fourth-order valence-corrected chi connectivity index (χ4v) is 3.20. The molecular formula is C19H16N6O3S. The van der Waals surface area contributed by atoms with Crippen molar-refractivity contribution in [2.24, 2.45) is 0 Å². The molecule has 0 unspecified atom stereocenters. The fraction of sp³-hybridized carbons (Fsp3) is 0.105. The summed E-state index contributed by atoms with van der Waals surface area (Å²) in [6.45, 7) is -0.196. The SMILES string of the molecule is COc1ccc2c(OCC(=O)NNc3ncc(-c4cccs4)nn3)ccnc2c1. The Morgan fingerprint density at radius 2 is 2.10 bits per heavy atom. The molecule has 1 aromatic carbocycles. The van der Waals surface area contributed by atoms with Gasteiger partial charge in [0.25, 0.3) is 11.9 Å². The predicted molar refractivity (Wildman–Crippen MR) is 109 cm³/mol. The highest BCUT2D eigenvalue weighted by molar-refractivity contribution is 7.13. The van der Waals surface area contributed by atoms with E-state index in [4.69, 9.17) is 9.47 Å². The number of hydrogen-bond acceptors (Lipinski definition) is 9. The van der Waals surface area contributed by atoms with E-state index in [0.717, 1.165) is 10.3 Å². The Kier molecular flexibility index (Phi) is 5.43. The lowest BCUT2D eigenvalue weighted by Gasteiger charge is -2.10. The zero-order chi connectivity index (χ0) is 20.1. The second-order valence-corrected chi connectivity index (χ2v) is 6.75. The first-order valence-corrected chi connectivity index (χ1v) is 9.45. The number of ether oxygens (including phenoxy) is 2. The molecule has 0 bridgehead atoms. The number of pyridine rings is 1. The van der Waals surface area contributed by atoms with E-state index >= 15 is 0 Å². The number of aromatic nitrogens is 4. The van der Waals surface area contributed by atoms with Gasteiger partial charge in [-0.2, -0.15) is 0 Å². The topological polar surface area (TPSA) is 111 Å². The van der Waals surface area contributed by atoms with Gasteiger partial charge in [-0.15, -0.1) is 21.5 Å². The van der Waals surface area contributed by atoms with Gasteiger partial charge >= 0.3 is 0 Å². The Balaban J connectivity index is 1.33. The number of rotatable bonds is 7. The Morgan fingerprint density at radius 1 is 1.17 bits per heavy atom. The van der Waals surface area contributed by atoms with Crippen molar-refractivity contribution in [2.75, 3.05) is 19.1 Å². The maximum atomic E-state index is 12.1. The first kappa shape index (κ1) is 18.6. The Morgan fingerprint density at radius 3 is 2.86 bits per heavy atom. The largest absolute Gasteiger partial charge is 0.497 e. The molecule has 0 saturated carbocycles. The second-order valence-electron chi connectivity index (χ2n) is 5.80. The fourth-order valence-electron chi connectivity index (χ4n) is 2.53. The smallest absolute Gasteiger partial charge is 0.276 e. The summed E-state index contributed by atoms with van der Waals surface area (Å²) in [5.41, 5.74) is 6.48. The minimum atomic E-state index is -0.394. The van der Waals surface area contributed by atoms with Crippen LogP contribution in [-0.4, -0.2) is 39.8 Å². The number of fused-ring (bicyclic) bond motifs is 1. The number of anilines is 1. The molecule has 3 heterocycles. The van der Waals surface area contributed by atoms with E-state index in [1.165, 1.54) is 0 Å². The number of nitrogens with one attached hydrogen (secondary N) is 2. The van der Waals surface area contributed by atoms with Gasteiger partial charge in [0.2, 0.25) is 0 Å². The van der Waals surface area contributed by atoms with Gasteiger partial charge in [0.05, 0.1) is 23.7 Å². The molecule has 0 aliphatic rings. The Bertz CT molecular complexity index is 1120. The summed E-state index contributed by atoms with van der Waals surface area (Å²) in [7, 11) is 1.59. The van der Waals surface area contributed by atoms with E-state index in [0.29, 0.717) is 22.7 Å². The first-order chi connectivity index (χ1) is 14.2. The summed E-state index contributed by atoms with van der Waals surface area (Å²) in [6.07, 6.45) is 3.20. The number of hydrazine groups is 1. The van der Waals surface area contributed by atoms with Crippen LogP contribution in [0.3, 0.4) is 0 Å². The van der Waals surface area contributed by atoms with Crippen molar-refractivity contribution in [1.29, 1.82) is 0 Å². The van der Waals surface area contributed by atoms with Gasteiger partial charge in [0.1, 0.15) is 17.2 Å². The van der Waals surface area contributed by atoms with Crippen molar-refractivity contribution in [2.45, 2.75) is 0 Å². The van der Waals surface area contributed by atoms with Crippen LogP contribution in [0, 0.1) is 0 Å². The predicted octanol–water partition coefficient (Wildman–Crippen LogP) is 2.68. The van der Waals surface area contributed by atoms with Gasteiger partial charge in [-0.3, -0.25) is 20.6 Å². The Hall–Kier alpha value is -3.79. The summed E-state index contributed by atoms with van der Waals surface area (Å²) in [6, 6.07) is 11.0. The summed E-state index contributed by atoms with van der Waals surface area (Å²) in [5, 5.41) is 10.8. The minimum Gasteiger partial charge on any atom is -0.497 e. The standard InChI is InChI=1S/C19H16N6O3S/c1-27-12-4-5-13-14(9-12)20-7-6-16(13)28-11-18(26)23-25-19-21-10-15(22-24-19)17-3-2-8-29-17/h2-10H,11H2,1H3,(H,23,26)(H,21,24,25). The molecule has 2 N–H and O–H groups in total. The molecule has 0 radical (unpaired) electrons. The van der Waals surface area contributed by atoms with Gasteiger partial charge in [0, 0.05) is 17.6 Å². The number of nitrogens with zero attached hydrogens (tertiary/aromatic N) is 4. The number of benzene rings is 1. The number of thiophene rings is 1. The van der Waals surface area contributed by atoms with E-state index in [9.17, 15) is 4.79 Å². The highest BCUT2D eigenvalue weighted by Crippen LogP contribution is 2.27. The molecule has 10 heteroatoms. The molecule has 0 saturated heterocycles. The molecule has 4 rings (SSSR count). The monoisotopic (exact) mass is 408 g/mol. The van der Waals surface area contributed by atoms with E-state index in [1.54, 1.807) is 43.0 Å². The van der Waals surface area contributed by atoms with Crippen LogP contribution in [0.15, 0.2) is 54.2 Å². The molecule has 0 aliphatic heterocycles. The van der Waals surface area contributed by atoms with Crippen molar-refractivity contribution in [3.63, 3.8) is 0 Å². The normalized spacial score (nSPS) is 10.5. The quantitative estimate of drug-likeness (QED) is 0.449. The number of hydrogen-bond donors (Lipinski definition) is 2. The third kappa shape index (κ3) is 4.38. The number of amides is 1. The first-order valence-electron chi connectivity index (χ1n) is 8.57. The highest BCUT2D eigenvalue weighted by atomic mass is 32.1. The van der Waals surface area contributed by atoms with Crippen molar-refractivity contribution in [3.05, 3.63) is 54.2 Å². The Labute approximate surface area is 169 Å². The molecule has 29 heavy (non-hydrogen) atoms. The molecule has 3 aromatic heterocycles. The lowest BCUT2D eigenvalue weighted by molar-refractivity contribution is -0.122. The molecule has 9 nitrogen and oxygen atoms in total. The van der Waals surface area contributed by atoms with E-state index in [1.807, 2.05) is 29.6 Å². The zero-order valence-electron chi connectivity index (χ0n) is 15.3. The van der Waals surface area contributed by atoms with E-state index < -0.39 is 5.91 Å². The van der Waals surface area contributed by atoms with Crippen molar-refractivity contribution < 1.29 is 14.3 Å². The molecule has 0 aliphatic carbocycles. The zero-order valence-corrected chi connectivity index (χ0v) is 16.1. The van der Waals surface area contributed by atoms with E-state index in [2.05, 4.69) is 31.0 Å². The maximum absolute atomic E-state index is 12.1. The van der Waals surface area contributed by atoms with Crippen LogP contribution in [0.25, 0.3) is 21.5 Å². The van der Waals surface area contributed by atoms with Crippen LogP contribution in [0.2, 0.25) is 0 Å². The molecule has 0 spiro atoms. The van der Waals surface area contributed by atoms with E-state index in [-0.39, 0.29) is 12.6 Å². The van der Waals surface area contributed by atoms with Crippen LogP contribution in [0.4, 0.5) is 5.95 Å². The van der Waals surface area contributed by atoms with Crippen LogP contribution in [0.5, 0.6) is 11.5 Å². The number of carbonyl (C=O) groups excluding carboxylic acids is 1. The average molecular weight is 408 g/mol. The number of carbonyl (C=O) groups is 1. The molecule has 4 aromatic rings. The van der Waals surface area contributed by atoms with Crippen LogP contribution in [-0.2, 0) is 4.79 Å². The molecule has 0 fully saturated rings. The van der Waals surface area contributed by atoms with Crippen LogP contribution < -0.4 is 20.3 Å². The van der Waals surface area contributed by atoms with Crippen molar-refractivity contribution in [1.82, 2.24) is 25.6 Å². The summed E-state index contributed by atoms with van der Waals surface area (Å²) in [5.74, 6) is 1.03. The maximum Gasteiger partial charge on any atom is 0.276 e. The summed E-state index contributed by atoms with van der Waals surface area (Å²) < 4.78 is 10.8. The number of methoxy groups -OCH3 is 1. The van der Waals surface area contributed by atoms with Gasteiger partial charge < -0.3 is 9.47 Å². The van der Waals surface area contributed by atoms with Gasteiger partial charge in [-0.25, -0.2) is 4.98 Å². The minimum absolute atomic E-state index is 0.181. The van der Waals surface area contributed by atoms with Gasteiger partial charge in [-0.1, -0.05) is 6.07 Å². The lowest BCUT2D eigenvalue weighted by Crippen LogP contribution is -2.34. The summed E-state index contributed by atoms with van der Waals surface area (Å²) >= 11 is 1.55. The third-order valence-corrected chi connectivity index (χ3v) is 4.81. The van der Waals surface area contributed by atoms with Crippen LogP contribution in [0.1, 0.15) is 0 Å². The molecule has 0 atom stereocenters. The second kappa shape index (κ2) is 8.48. The van der Waals surface area contributed by atoms with Gasteiger partial charge in [-0.05, 0) is 29.6 Å². The summed E-state index contributed by atoms with van der Waals surface area (Å²) in [4.78, 5) is 21.5. The van der Waals surface area contributed by atoms with Crippen LogP contribution >= 0.6 is 11.3 Å². The third-order valence-electron chi connectivity index (χ3n) is 3.92. The molecule has 146 valence electrons. The molecular weight excluding hydrogens is 392 g/mol. The lowest BCUT2D eigenvalue weighted by atomic mass is 10.2. The van der Waals surface area contributed by atoms with Gasteiger partial charge in [0.15, 0.2) is 6.61 Å². The van der Waals surface area contributed by atoms with Crippen molar-refractivity contribution >= 4 is 34.1 Å². The average Bonchev–Trinajstić information content (AvgIpc) is 3.31. The molecule has 1 amide bonds.